The molecule has 4 aromatic rings. The maximum absolute atomic E-state index is 15.9. The minimum atomic E-state index is -1.96. The number of ether oxygens (including phenoxy) is 1. The normalized spacial score (nSPS) is 21.5. The number of aromatic nitrogens is 3. The number of aromatic amines is 1. The molecule has 1 aromatic carbocycles. The number of alkyl halides is 1. The van der Waals surface area contributed by atoms with E-state index < -0.39 is 41.2 Å². The number of benzene rings is 1. The van der Waals surface area contributed by atoms with Crippen molar-refractivity contribution in [2.24, 2.45) is 5.92 Å². The third-order valence-electron chi connectivity index (χ3n) is 8.62. The lowest BCUT2D eigenvalue weighted by Gasteiger charge is -2.40. The lowest BCUT2D eigenvalue weighted by atomic mass is 9.79. The van der Waals surface area contributed by atoms with E-state index in [4.69, 9.17) is 20.8 Å². The number of likely N-dealkylation sites (tertiary alicyclic amines) is 1. The van der Waals surface area contributed by atoms with Crippen molar-refractivity contribution in [2.75, 3.05) is 37.7 Å². The number of para-hydroxylation sites is 1. The van der Waals surface area contributed by atoms with Gasteiger partial charge in [0.05, 0.1) is 23.6 Å². The fraction of sp³-hybridized carbons (Fsp3) is 0.419. The minimum absolute atomic E-state index is 0.00978. The number of amides is 2. The lowest BCUT2D eigenvalue weighted by molar-refractivity contribution is -0.138. The number of rotatable bonds is 8. The first-order valence-corrected chi connectivity index (χ1v) is 15.4. The Balaban J connectivity index is 1.07. The SMILES string of the molecule is C[C@H]1CN(C(=O)OCCNC(=O)Cc2nc(N3CCC[C@H]3C(=O)O)c3oc4ccccc4c3n2)CC[C@]1(F)c1cc(Cl)c[nH]c1=O. The van der Waals surface area contributed by atoms with Crippen LogP contribution in [0, 0.1) is 5.92 Å². The van der Waals surface area contributed by atoms with Gasteiger partial charge in [-0.25, -0.2) is 23.9 Å². The highest BCUT2D eigenvalue weighted by Crippen LogP contribution is 2.40. The fourth-order valence-corrected chi connectivity index (χ4v) is 6.40. The summed E-state index contributed by atoms with van der Waals surface area (Å²) in [5, 5.41) is 13.4. The predicted molar refractivity (Wildman–Crippen MR) is 166 cm³/mol. The number of carbonyl (C=O) groups excluding carboxylic acids is 2. The number of carbonyl (C=O) groups is 3. The molecule has 13 nitrogen and oxygen atoms in total. The van der Waals surface area contributed by atoms with E-state index in [-0.39, 0.29) is 55.5 Å². The van der Waals surface area contributed by atoms with E-state index in [0.717, 1.165) is 5.39 Å². The highest BCUT2D eigenvalue weighted by molar-refractivity contribution is 6.30. The smallest absolute Gasteiger partial charge is 0.409 e. The van der Waals surface area contributed by atoms with Crippen LogP contribution in [-0.4, -0.2) is 81.8 Å². The monoisotopic (exact) mass is 654 g/mol. The van der Waals surface area contributed by atoms with Crippen molar-refractivity contribution in [3.63, 3.8) is 0 Å². The zero-order valence-electron chi connectivity index (χ0n) is 24.9. The number of H-pyrrole nitrogens is 1. The molecule has 242 valence electrons. The summed E-state index contributed by atoms with van der Waals surface area (Å²) in [6.45, 7) is 2.02. The number of nitrogens with zero attached hydrogens (tertiary/aromatic N) is 4. The van der Waals surface area contributed by atoms with E-state index >= 15 is 4.39 Å². The van der Waals surface area contributed by atoms with E-state index in [1.165, 1.54) is 17.2 Å². The molecule has 0 bridgehead atoms. The number of halogens is 2. The molecule has 3 atom stereocenters. The number of pyridine rings is 1. The Hall–Kier alpha value is -4.72. The van der Waals surface area contributed by atoms with Crippen molar-refractivity contribution < 1.29 is 33.0 Å². The molecular formula is C31H32ClFN6O7. The van der Waals surface area contributed by atoms with Gasteiger partial charge in [0, 0.05) is 43.6 Å². The summed E-state index contributed by atoms with van der Waals surface area (Å²) in [4.78, 5) is 64.4. The second kappa shape index (κ2) is 12.6. The maximum atomic E-state index is 15.9. The lowest BCUT2D eigenvalue weighted by Crippen LogP contribution is -2.50. The first-order chi connectivity index (χ1) is 22.0. The van der Waals surface area contributed by atoms with Crippen molar-refractivity contribution in [3.8, 4) is 0 Å². The Kier molecular flexibility index (Phi) is 8.55. The molecule has 0 spiro atoms. The number of anilines is 1. The van der Waals surface area contributed by atoms with Crippen LogP contribution < -0.4 is 15.8 Å². The number of fused-ring (bicyclic) bond motifs is 3. The van der Waals surface area contributed by atoms with Gasteiger partial charge < -0.3 is 34.4 Å². The molecule has 46 heavy (non-hydrogen) atoms. The first-order valence-electron chi connectivity index (χ1n) is 15.0. The molecule has 2 fully saturated rings. The fourth-order valence-electron chi connectivity index (χ4n) is 6.24. The van der Waals surface area contributed by atoms with Crippen LogP contribution in [0.1, 0.15) is 37.6 Å². The Morgan fingerprint density at radius 1 is 1.26 bits per heavy atom. The van der Waals surface area contributed by atoms with E-state index in [0.29, 0.717) is 41.9 Å². The topological polar surface area (TPSA) is 171 Å². The van der Waals surface area contributed by atoms with Crippen LogP contribution in [0.15, 0.2) is 45.7 Å². The Bertz CT molecular complexity index is 1880. The largest absolute Gasteiger partial charge is 0.480 e. The molecule has 0 saturated carbocycles. The number of aliphatic carboxylic acids is 1. The van der Waals surface area contributed by atoms with Crippen molar-refractivity contribution in [3.05, 3.63) is 63.3 Å². The van der Waals surface area contributed by atoms with Gasteiger partial charge in [-0.3, -0.25) is 9.59 Å². The van der Waals surface area contributed by atoms with Gasteiger partial charge in [0.2, 0.25) is 5.91 Å². The third-order valence-corrected chi connectivity index (χ3v) is 8.84. The third kappa shape index (κ3) is 5.96. The van der Waals surface area contributed by atoms with Gasteiger partial charge in [-0.05, 0) is 31.0 Å². The molecule has 0 radical (unpaired) electrons. The van der Waals surface area contributed by atoms with Crippen LogP contribution in [0.5, 0.6) is 0 Å². The summed E-state index contributed by atoms with van der Waals surface area (Å²) in [5.74, 6) is -1.57. The first kappa shape index (κ1) is 31.3. The molecule has 2 aliphatic rings. The van der Waals surface area contributed by atoms with Gasteiger partial charge in [0.25, 0.3) is 5.56 Å². The van der Waals surface area contributed by atoms with E-state index in [1.807, 2.05) is 18.2 Å². The highest BCUT2D eigenvalue weighted by Gasteiger charge is 2.45. The number of carboxylic acids is 1. The molecule has 5 heterocycles. The predicted octanol–water partition coefficient (Wildman–Crippen LogP) is 3.77. The Labute approximate surface area is 266 Å². The summed E-state index contributed by atoms with van der Waals surface area (Å²) in [7, 11) is 0. The zero-order valence-corrected chi connectivity index (χ0v) is 25.7. The van der Waals surface area contributed by atoms with Crippen LogP contribution in [0.25, 0.3) is 22.1 Å². The standard InChI is InChI=1S/C31H32ClFN6O7/c1-17-16-38(11-8-31(17,33)20-13-18(32)15-35-28(20)41)30(44)45-12-9-34-24(40)14-23-36-25-19-5-2-3-7-22(19)46-26(25)27(37-23)39-10-4-6-21(39)29(42)43/h2-3,5,7,13,15,17,21H,4,6,8-12,14,16H2,1H3,(H,34,40)(H,35,41)(H,42,43)/t17-,21-,31+/m0/s1. The van der Waals surface area contributed by atoms with E-state index in [9.17, 15) is 24.3 Å². The average Bonchev–Trinajstić information content (AvgIpc) is 3.67. The highest BCUT2D eigenvalue weighted by atomic mass is 35.5. The van der Waals surface area contributed by atoms with Crippen LogP contribution >= 0.6 is 11.6 Å². The van der Waals surface area contributed by atoms with Gasteiger partial charge in [-0.1, -0.05) is 30.7 Å². The van der Waals surface area contributed by atoms with Crippen molar-refractivity contribution in [1.29, 1.82) is 0 Å². The Morgan fingerprint density at radius 3 is 2.85 bits per heavy atom. The summed E-state index contributed by atoms with van der Waals surface area (Å²) >= 11 is 5.97. The van der Waals surface area contributed by atoms with E-state index in [1.54, 1.807) is 17.9 Å². The summed E-state index contributed by atoms with van der Waals surface area (Å²) in [6.07, 6.45) is 1.46. The number of carboxylic acid groups (broad SMARTS) is 1. The molecule has 2 amide bonds. The summed E-state index contributed by atoms with van der Waals surface area (Å²) < 4.78 is 27.3. The zero-order chi connectivity index (χ0) is 32.6. The molecule has 0 unspecified atom stereocenters. The number of hydrogen-bond donors (Lipinski definition) is 3. The van der Waals surface area contributed by atoms with Gasteiger partial charge in [0.1, 0.15) is 35.2 Å². The second-order valence-electron chi connectivity index (χ2n) is 11.6. The van der Waals surface area contributed by atoms with Crippen molar-refractivity contribution >= 4 is 57.5 Å². The van der Waals surface area contributed by atoms with E-state index in [2.05, 4.69) is 20.3 Å². The molecule has 0 aliphatic carbocycles. The molecule has 15 heteroatoms. The molecule has 2 saturated heterocycles. The number of piperidine rings is 1. The van der Waals surface area contributed by atoms with Gasteiger partial charge >= 0.3 is 12.1 Å². The minimum Gasteiger partial charge on any atom is -0.480 e. The number of hydrogen-bond acceptors (Lipinski definition) is 9. The summed E-state index contributed by atoms with van der Waals surface area (Å²) in [5.41, 5.74) is -1.17. The van der Waals surface area contributed by atoms with Crippen LogP contribution in [0.2, 0.25) is 5.02 Å². The van der Waals surface area contributed by atoms with Gasteiger partial charge in [-0.15, -0.1) is 0 Å². The quantitative estimate of drug-likeness (QED) is 0.238. The molecular weight excluding hydrogens is 623 g/mol. The van der Waals surface area contributed by atoms with Crippen molar-refractivity contribution in [1.82, 2.24) is 25.2 Å². The molecule has 3 aromatic heterocycles. The van der Waals surface area contributed by atoms with Gasteiger partial charge in [0.15, 0.2) is 11.4 Å². The maximum Gasteiger partial charge on any atom is 0.409 e. The number of furan rings is 1. The number of nitrogens with one attached hydrogen (secondary N) is 2. The van der Waals surface area contributed by atoms with Crippen molar-refractivity contribution in [2.45, 2.75) is 44.3 Å². The van der Waals surface area contributed by atoms with Gasteiger partial charge in [-0.2, -0.15) is 0 Å². The molecule has 3 N–H and O–H groups in total. The Morgan fingerprint density at radius 2 is 2.07 bits per heavy atom. The van der Waals surface area contributed by atoms with Crippen LogP contribution in [-0.2, 0) is 26.4 Å². The molecule has 6 rings (SSSR count). The molecule has 2 aliphatic heterocycles. The van der Waals surface area contributed by atoms with Crippen LogP contribution in [0.4, 0.5) is 15.0 Å². The second-order valence-corrected chi connectivity index (χ2v) is 12.0. The average molecular weight is 655 g/mol. The van der Waals surface area contributed by atoms with Crippen LogP contribution in [0.3, 0.4) is 0 Å². The summed E-state index contributed by atoms with van der Waals surface area (Å²) in [6, 6.07) is 7.81.